The van der Waals surface area contributed by atoms with Crippen LogP contribution in [0.5, 0.6) is 0 Å². The first-order valence-electron chi connectivity index (χ1n) is 7.69. The fourth-order valence-corrected chi connectivity index (χ4v) is 2.85. The van der Waals surface area contributed by atoms with E-state index in [1.54, 1.807) is 6.20 Å². The van der Waals surface area contributed by atoms with Crippen molar-refractivity contribution in [3.05, 3.63) is 53.1 Å². The number of carbonyl (C=O) groups excluding carboxylic acids is 1. The van der Waals surface area contributed by atoms with E-state index in [0.29, 0.717) is 18.2 Å². The third-order valence-corrected chi connectivity index (χ3v) is 4.29. The van der Waals surface area contributed by atoms with Gasteiger partial charge in [0.1, 0.15) is 5.69 Å². The number of aromatic nitrogens is 2. The lowest BCUT2D eigenvalue weighted by Crippen LogP contribution is -2.31. The summed E-state index contributed by atoms with van der Waals surface area (Å²) < 4.78 is 0. The number of rotatable bonds is 4. The van der Waals surface area contributed by atoms with Gasteiger partial charge >= 0.3 is 0 Å². The molecule has 0 bridgehead atoms. The Bertz CT molecular complexity index is 672. The van der Waals surface area contributed by atoms with E-state index >= 15 is 0 Å². The first kappa shape index (κ1) is 15.7. The third-order valence-electron chi connectivity index (χ3n) is 4.04. The molecular weight excluding hydrogens is 312 g/mol. The highest BCUT2D eigenvalue weighted by Gasteiger charge is 2.23. The number of hydrogen-bond donors (Lipinski definition) is 1. The number of nitrogens with zero attached hydrogens (tertiary/aromatic N) is 3. The molecule has 1 N–H and O–H groups in total. The highest BCUT2D eigenvalue weighted by atomic mass is 35.5. The molecule has 23 heavy (non-hydrogen) atoms. The molecule has 1 saturated heterocycles. The van der Waals surface area contributed by atoms with Crippen molar-refractivity contribution in [2.75, 3.05) is 24.5 Å². The van der Waals surface area contributed by atoms with E-state index in [2.05, 4.69) is 20.2 Å². The molecule has 0 unspecified atom stereocenters. The van der Waals surface area contributed by atoms with Crippen LogP contribution in [0.2, 0.25) is 5.02 Å². The first-order valence-corrected chi connectivity index (χ1v) is 8.07. The summed E-state index contributed by atoms with van der Waals surface area (Å²) in [7, 11) is 0. The summed E-state index contributed by atoms with van der Waals surface area (Å²) in [5, 5.41) is 3.70. The molecule has 1 aliphatic rings. The minimum absolute atomic E-state index is 0.164. The van der Waals surface area contributed by atoms with Crippen molar-refractivity contribution in [2.24, 2.45) is 5.92 Å². The van der Waals surface area contributed by atoms with Gasteiger partial charge in [0.15, 0.2) is 0 Å². The molecule has 1 aromatic carbocycles. The predicted octanol–water partition coefficient (Wildman–Crippen LogP) is 2.69. The van der Waals surface area contributed by atoms with Crippen LogP contribution in [0.15, 0.2) is 36.7 Å². The SMILES string of the molecule is Cc1cnc(C(=O)NC[C@@H]2CCN(c3ccc(Cl)cc3)C2)cn1. The molecule has 1 aromatic heterocycles. The lowest BCUT2D eigenvalue weighted by molar-refractivity contribution is 0.0943. The number of benzene rings is 1. The molecular formula is C17H19ClN4O. The van der Waals surface area contributed by atoms with Crippen molar-refractivity contribution in [3.63, 3.8) is 0 Å². The minimum atomic E-state index is -0.164. The van der Waals surface area contributed by atoms with Gasteiger partial charge in [0.25, 0.3) is 5.91 Å². The normalized spacial score (nSPS) is 17.3. The number of anilines is 1. The van der Waals surface area contributed by atoms with Gasteiger partial charge in [-0.15, -0.1) is 0 Å². The van der Waals surface area contributed by atoms with Crippen molar-refractivity contribution in [1.29, 1.82) is 0 Å². The zero-order valence-electron chi connectivity index (χ0n) is 13.0. The molecule has 2 heterocycles. The highest BCUT2D eigenvalue weighted by molar-refractivity contribution is 6.30. The van der Waals surface area contributed by atoms with Gasteiger partial charge in [-0.3, -0.25) is 9.78 Å². The van der Waals surface area contributed by atoms with Gasteiger partial charge < -0.3 is 10.2 Å². The Morgan fingerprint density at radius 3 is 2.78 bits per heavy atom. The van der Waals surface area contributed by atoms with Crippen molar-refractivity contribution in [1.82, 2.24) is 15.3 Å². The number of aryl methyl sites for hydroxylation is 1. The first-order chi connectivity index (χ1) is 11.1. The number of nitrogens with one attached hydrogen (secondary N) is 1. The van der Waals surface area contributed by atoms with Gasteiger partial charge in [-0.05, 0) is 43.5 Å². The van der Waals surface area contributed by atoms with Gasteiger partial charge in [-0.2, -0.15) is 0 Å². The molecule has 0 saturated carbocycles. The zero-order chi connectivity index (χ0) is 16.2. The summed E-state index contributed by atoms with van der Waals surface area (Å²) in [6.07, 6.45) is 4.18. The van der Waals surface area contributed by atoms with E-state index in [-0.39, 0.29) is 5.91 Å². The van der Waals surface area contributed by atoms with E-state index in [4.69, 9.17) is 11.6 Å². The lowest BCUT2D eigenvalue weighted by Gasteiger charge is -2.19. The van der Waals surface area contributed by atoms with Crippen molar-refractivity contribution in [2.45, 2.75) is 13.3 Å². The molecule has 1 amide bonds. The Balaban J connectivity index is 1.51. The zero-order valence-corrected chi connectivity index (χ0v) is 13.8. The standard InChI is InChI=1S/C17H19ClN4O/c1-12-8-20-16(10-19-12)17(23)21-9-13-6-7-22(11-13)15-4-2-14(18)3-5-15/h2-5,8,10,13H,6-7,9,11H2,1H3,(H,21,23)/t13-/m0/s1. The van der Waals surface area contributed by atoms with Crippen LogP contribution in [0.3, 0.4) is 0 Å². The smallest absolute Gasteiger partial charge is 0.271 e. The second-order valence-corrected chi connectivity index (χ2v) is 6.27. The van der Waals surface area contributed by atoms with Gasteiger partial charge in [0.05, 0.1) is 11.9 Å². The summed E-state index contributed by atoms with van der Waals surface area (Å²) >= 11 is 5.92. The van der Waals surface area contributed by atoms with Crippen molar-refractivity contribution >= 4 is 23.2 Å². The third kappa shape index (κ3) is 3.99. The minimum Gasteiger partial charge on any atom is -0.371 e. The largest absolute Gasteiger partial charge is 0.371 e. The van der Waals surface area contributed by atoms with Crippen molar-refractivity contribution in [3.8, 4) is 0 Å². The maximum Gasteiger partial charge on any atom is 0.271 e. The monoisotopic (exact) mass is 330 g/mol. The molecule has 120 valence electrons. The van der Waals surface area contributed by atoms with E-state index in [9.17, 15) is 4.79 Å². The Labute approximate surface area is 140 Å². The van der Waals surface area contributed by atoms with Crippen LogP contribution in [0, 0.1) is 12.8 Å². The van der Waals surface area contributed by atoms with Gasteiger partial charge in [0, 0.05) is 36.5 Å². The Morgan fingerprint density at radius 2 is 2.09 bits per heavy atom. The molecule has 1 fully saturated rings. The molecule has 2 aromatic rings. The lowest BCUT2D eigenvalue weighted by atomic mass is 10.1. The van der Waals surface area contributed by atoms with Crippen LogP contribution in [0.1, 0.15) is 22.6 Å². The second-order valence-electron chi connectivity index (χ2n) is 5.83. The molecule has 6 heteroatoms. The van der Waals surface area contributed by atoms with Gasteiger partial charge in [0.2, 0.25) is 0 Å². The van der Waals surface area contributed by atoms with Crippen LogP contribution >= 0.6 is 11.6 Å². The Hall–Kier alpha value is -2.14. The molecule has 1 aliphatic heterocycles. The summed E-state index contributed by atoms with van der Waals surface area (Å²) in [4.78, 5) is 22.6. The van der Waals surface area contributed by atoms with Crippen LogP contribution in [0.25, 0.3) is 0 Å². The molecule has 1 atom stereocenters. The number of amides is 1. The van der Waals surface area contributed by atoms with E-state index in [0.717, 1.165) is 30.2 Å². The molecule has 3 rings (SSSR count). The van der Waals surface area contributed by atoms with Gasteiger partial charge in [-0.25, -0.2) is 4.98 Å². The summed E-state index contributed by atoms with van der Waals surface area (Å²) in [6, 6.07) is 7.88. The second kappa shape index (κ2) is 6.96. The van der Waals surface area contributed by atoms with E-state index < -0.39 is 0 Å². The maximum absolute atomic E-state index is 12.1. The Morgan fingerprint density at radius 1 is 1.30 bits per heavy atom. The van der Waals surface area contributed by atoms with Crippen molar-refractivity contribution < 1.29 is 4.79 Å². The van der Waals surface area contributed by atoms with Crippen LogP contribution in [0.4, 0.5) is 5.69 Å². The summed E-state index contributed by atoms with van der Waals surface area (Å²) in [5.74, 6) is 0.274. The molecule has 0 spiro atoms. The van der Waals surface area contributed by atoms with Crippen LogP contribution in [-0.2, 0) is 0 Å². The molecule has 0 aliphatic carbocycles. The van der Waals surface area contributed by atoms with Gasteiger partial charge in [-0.1, -0.05) is 11.6 Å². The predicted molar refractivity (Wildman–Crippen MR) is 90.9 cm³/mol. The fourth-order valence-electron chi connectivity index (χ4n) is 2.72. The quantitative estimate of drug-likeness (QED) is 0.936. The topological polar surface area (TPSA) is 58.1 Å². The average molecular weight is 331 g/mol. The summed E-state index contributed by atoms with van der Waals surface area (Å²) in [6.45, 7) is 4.42. The number of carbonyl (C=O) groups is 1. The number of halogens is 1. The number of hydrogen-bond acceptors (Lipinski definition) is 4. The Kier molecular flexibility index (Phi) is 4.76. The highest BCUT2D eigenvalue weighted by Crippen LogP contribution is 2.24. The average Bonchev–Trinajstić information content (AvgIpc) is 3.03. The van der Waals surface area contributed by atoms with E-state index in [1.165, 1.54) is 11.9 Å². The fraction of sp³-hybridized carbons (Fsp3) is 0.353. The maximum atomic E-state index is 12.1. The van der Waals surface area contributed by atoms with Crippen LogP contribution < -0.4 is 10.2 Å². The van der Waals surface area contributed by atoms with E-state index in [1.807, 2.05) is 31.2 Å². The summed E-state index contributed by atoms with van der Waals surface area (Å²) in [5.41, 5.74) is 2.34. The van der Waals surface area contributed by atoms with Crippen LogP contribution in [-0.4, -0.2) is 35.5 Å². The molecule has 5 nitrogen and oxygen atoms in total. The molecule has 0 radical (unpaired) electrons.